The molecule has 3 rings (SSSR count). The van der Waals surface area contributed by atoms with Gasteiger partial charge in [-0.25, -0.2) is 4.68 Å². The Kier molecular flexibility index (Phi) is 3.11. The molecule has 2 heterocycles. The summed E-state index contributed by atoms with van der Waals surface area (Å²) in [6.07, 6.45) is 8.33. The molecule has 1 saturated carbocycles. The molecule has 0 saturated heterocycles. The normalized spacial score (nSPS) is 14.9. The van der Waals surface area contributed by atoms with E-state index in [1.54, 1.807) is 0 Å². The van der Waals surface area contributed by atoms with Gasteiger partial charge in [-0.05, 0) is 37.1 Å². The summed E-state index contributed by atoms with van der Waals surface area (Å²) in [7, 11) is 0. The monoisotopic (exact) mass is 242 g/mol. The molecule has 2 aromatic rings. The third-order valence-corrected chi connectivity index (χ3v) is 3.31. The Morgan fingerprint density at radius 3 is 3.06 bits per heavy atom. The predicted molar refractivity (Wildman–Crippen MR) is 70.7 cm³/mol. The average molecular weight is 242 g/mol. The molecule has 4 nitrogen and oxygen atoms in total. The average Bonchev–Trinajstić information content (AvgIpc) is 3.15. The van der Waals surface area contributed by atoms with Crippen LogP contribution in [0.4, 0.5) is 0 Å². The number of pyridine rings is 1. The molecule has 1 N–H and O–H groups in total. The maximum atomic E-state index is 4.66. The minimum Gasteiger partial charge on any atom is -0.313 e. The molecule has 18 heavy (non-hydrogen) atoms. The molecule has 4 heteroatoms. The molecule has 94 valence electrons. The number of hydrogen-bond acceptors (Lipinski definition) is 3. The molecular weight excluding hydrogens is 224 g/mol. The number of nitrogens with one attached hydrogen (secondary N) is 1. The van der Waals surface area contributed by atoms with E-state index in [0.717, 1.165) is 18.8 Å². The van der Waals surface area contributed by atoms with Crippen LogP contribution in [-0.2, 0) is 6.54 Å². The van der Waals surface area contributed by atoms with Gasteiger partial charge in [-0.15, -0.1) is 0 Å². The summed E-state index contributed by atoms with van der Waals surface area (Å²) in [6, 6.07) is 4.18. The van der Waals surface area contributed by atoms with E-state index in [9.17, 15) is 0 Å². The zero-order valence-corrected chi connectivity index (χ0v) is 10.6. The van der Waals surface area contributed by atoms with Gasteiger partial charge in [-0.2, -0.15) is 5.10 Å². The third kappa shape index (κ3) is 2.29. The highest BCUT2D eigenvalue weighted by molar-refractivity contribution is 5.38. The van der Waals surface area contributed by atoms with Crippen molar-refractivity contribution < 1.29 is 0 Å². The van der Waals surface area contributed by atoms with Gasteiger partial charge in [0.25, 0.3) is 0 Å². The number of aromatic nitrogens is 3. The second-order valence-electron chi connectivity index (χ2n) is 4.74. The summed E-state index contributed by atoms with van der Waals surface area (Å²) in [6.45, 7) is 3.93. The molecule has 1 aliphatic carbocycles. The molecule has 0 amide bonds. The SMILES string of the molecule is CCNCc1ccncc1-n1ccc(C2CC2)n1. The van der Waals surface area contributed by atoms with Crippen molar-refractivity contribution in [1.82, 2.24) is 20.1 Å². The minimum absolute atomic E-state index is 0.695. The second-order valence-corrected chi connectivity index (χ2v) is 4.74. The fourth-order valence-electron chi connectivity index (χ4n) is 2.10. The standard InChI is InChI=1S/C14H18N4/c1-2-15-9-12-5-7-16-10-14(12)18-8-6-13(17-18)11-3-4-11/h5-8,10-11,15H,2-4,9H2,1H3. The fraction of sp³-hybridized carbons (Fsp3) is 0.429. The molecule has 0 aromatic carbocycles. The molecule has 0 atom stereocenters. The number of nitrogens with zero attached hydrogens (tertiary/aromatic N) is 3. The van der Waals surface area contributed by atoms with Gasteiger partial charge in [0.1, 0.15) is 0 Å². The van der Waals surface area contributed by atoms with Crippen molar-refractivity contribution in [1.29, 1.82) is 0 Å². The first-order valence-corrected chi connectivity index (χ1v) is 6.58. The molecule has 1 fully saturated rings. The van der Waals surface area contributed by atoms with Crippen LogP contribution in [0.25, 0.3) is 5.69 Å². The quantitative estimate of drug-likeness (QED) is 0.874. The molecule has 0 spiro atoms. The summed E-state index contributed by atoms with van der Waals surface area (Å²) >= 11 is 0. The Labute approximate surface area is 107 Å². The molecule has 0 radical (unpaired) electrons. The lowest BCUT2D eigenvalue weighted by Gasteiger charge is -2.09. The molecular formula is C14H18N4. The van der Waals surface area contributed by atoms with Gasteiger partial charge in [0.15, 0.2) is 0 Å². The molecule has 0 aliphatic heterocycles. The van der Waals surface area contributed by atoms with E-state index in [4.69, 9.17) is 0 Å². The van der Waals surface area contributed by atoms with Crippen molar-refractivity contribution >= 4 is 0 Å². The second kappa shape index (κ2) is 4.90. The van der Waals surface area contributed by atoms with E-state index >= 15 is 0 Å². The van der Waals surface area contributed by atoms with Crippen molar-refractivity contribution in [3.8, 4) is 5.69 Å². The Balaban J connectivity index is 1.88. The first-order valence-electron chi connectivity index (χ1n) is 6.58. The smallest absolute Gasteiger partial charge is 0.0873 e. The summed E-state index contributed by atoms with van der Waals surface area (Å²) in [5.74, 6) is 0.695. The molecule has 0 bridgehead atoms. The predicted octanol–water partition coefficient (Wildman–Crippen LogP) is 2.25. The minimum atomic E-state index is 0.695. The van der Waals surface area contributed by atoms with Gasteiger partial charge < -0.3 is 5.32 Å². The summed E-state index contributed by atoms with van der Waals surface area (Å²) in [4.78, 5) is 4.21. The van der Waals surface area contributed by atoms with E-state index in [1.807, 2.05) is 23.3 Å². The van der Waals surface area contributed by atoms with Crippen LogP contribution in [0.2, 0.25) is 0 Å². The van der Waals surface area contributed by atoms with Gasteiger partial charge in [0, 0.05) is 24.9 Å². The Bertz CT molecular complexity index is 528. The topological polar surface area (TPSA) is 42.7 Å². The fourth-order valence-corrected chi connectivity index (χ4v) is 2.10. The van der Waals surface area contributed by atoms with Crippen LogP contribution in [0.3, 0.4) is 0 Å². The molecule has 0 unspecified atom stereocenters. The zero-order valence-electron chi connectivity index (χ0n) is 10.6. The number of hydrogen-bond donors (Lipinski definition) is 1. The van der Waals surface area contributed by atoms with Crippen LogP contribution in [-0.4, -0.2) is 21.3 Å². The summed E-state index contributed by atoms with van der Waals surface area (Å²) < 4.78 is 1.95. The highest BCUT2D eigenvalue weighted by atomic mass is 15.3. The van der Waals surface area contributed by atoms with Crippen LogP contribution in [0.1, 0.15) is 36.9 Å². The van der Waals surface area contributed by atoms with E-state index in [-0.39, 0.29) is 0 Å². The van der Waals surface area contributed by atoms with Gasteiger partial charge in [0.2, 0.25) is 0 Å². The van der Waals surface area contributed by atoms with Crippen molar-refractivity contribution in [3.63, 3.8) is 0 Å². The Morgan fingerprint density at radius 2 is 2.28 bits per heavy atom. The largest absolute Gasteiger partial charge is 0.313 e. The lowest BCUT2D eigenvalue weighted by atomic mass is 10.2. The molecule has 2 aromatic heterocycles. The Hall–Kier alpha value is -1.68. The molecule has 1 aliphatic rings. The first kappa shape index (κ1) is 11.4. The Morgan fingerprint density at radius 1 is 1.39 bits per heavy atom. The zero-order chi connectivity index (χ0) is 12.4. The van der Waals surface area contributed by atoms with E-state index in [0.29, 0.717) is 5.92 Å². The van der Waals surface area contributed by atoms with Crippen molar-refractivity contribution in [3.05, 3.63) is 42.0 Å². The van der Waals surface area contributed by atoms with E-state index < -0.39 is 0 Å². The van der Waals surface area contributed by atoms with Crippen LogP contribution in [0.5, 0.6) is 0 Å². The van der Waals surface area contributed by atoms with Crippen molar-refractivity contribution in [2.75, 3.05) is 6.54 Å². The summed E-state index contributed by atoms with van der Waals surface area (Å²) in [5.41, 5.74) is 3.52. The van der Waals surface area contributed by atoms with E-state index in [1.165, 1.54) is 24.1 Å². The highest BCUT2D eigenvalue weighted by Gasteiger charge is 2.26. The van der Waals surface area contributed by atoms with E-state index in [2.05, 4.69) is 34.5 Å². The van der Waals surface area contributed by atoms with Crippen molar-refractivity contribution in [2.24, 2.45) is 0 Å². The maximum absolute atomic E-state index is 4.66. The van der Waals surface area contributed by atoms with Gasteiger partial charge in [-0.1, -0.05) is 6.92 Å². The highest BCUT2D eigenvalue weighted by Crippen LogP contribution is 2.39. The van der Waals surface area contributed by atoms with Crippen LogP contribution in [0.15, 0.2) is 30.7 Å². The van der Waals surface area contributed by atoms with Crippen molar-refractivity contribution in [2.45, 2.75) is 32.2 Å². The van der Waals surface area contributed by atoms with Gasteiger partial charge in [0.05, 0.1) is 17.6 Å². The van der Waals surface area contributed by atoms with Gasteiger partial charge in [-0.3, -0.25) is 4.98 Å². The van der Waals surface area contributed by atoms with Crippen LogP contribution < -0.4 is 5.32 Å². The first-order chi connectivity index (χ1) is 8.88. The lowest BCUT2D eigenvalue weighted by Crippen LogP contribution is -2.14. The summed E-state index contributed by atoms with van der Waals surface area (Å²) in [5, 5.41) is 8.01. The van der Waals surface area contributed by atoms with Crippen LogP contribution in [0, 0.1) is 0 Å². The number of rotatable bonds is 5. The van der Waals surface area contributed by atoms with Crippen LogP contribution >= 0.6 is 0 Å². The third-order valence-electron chi connectivity index (χ3n) is 3.31. The van der Waals surface area contributed by atoms with Gasteiger partial charge >= 0.3 is 0 Å². The maximum Gasteiger partial charge on any atom is 0.0873 e. The lowest BCUT2D eigenvalue weighted by molar-refractivity contribution is 0.713.